The van der Waals surface area contributed by atoms with Crippen molar-refractivity contribution in [3.05, 3.63) is 97.2 Å². The number of carbonyl (C=O) groups excluding carboxylic acids is 1. The first-order valence-corrected chi connectivity index (χ1v) is 15.2. The van der Waals surface area contributed by atoms with Gasteiger partial charge < -0.3 is 5.11 Å². The summed E-state index contributed by atoms with van der Waals surface area (Å²) < 4.78 is 2.79. The fourth-order valence-corrected chi connectivity index (χ4v) is 6.81. The first-order valence-electron chi connectivity index (χ1n) is 15.2. The highest BCUT2D eigenvalue weighted by atomic mass is 16.3. The molecule has 1 aromatic heterocycles. The predicted octanol–water partition coefficient (Wildman–Crippen LogP) is 6.18. The normalized spacial score (nSPS) is 19.5. The van der Waals surface area contributed by atoms with E-state index in [0.29, 0.717) is 11.4 Å². The van der Waals surface area contributed by atoms with Crippen LogP contribution in [0.25, 0.3) is 6.08 Å². The van der Waals surface area contributed by atoms with Gasteiger partial charge in [0.1, 0.15) is 11.3 Å². The molecule has 0 atom stereocenters. The molecule has 0 unspecified atom stereocenters. The topological polar surface area (TPSA) is 96.9 Å². The first kappa shape index (κ1) is 27.9. The minimum atomic E-state index is -0.547. The number of aromatic nitrogens is 2. The van der Waals surface area contributed by atoms with Crippen molar-refractivity contribution < 1.29 is 9.90 Å². The van der Waals surface area contributed by atoms with Gasteiger partial charge in [-0.15, -0.1) is 0 Å². The second-order valence-corrected chi connectivity index (χ2v) is 11.9. The molecular weight excluding hydrogens is 528 g/mol. The van der Waals surface area contributed by atoms with E-state index in [1.165, 1.54) is 20.2 Å². The van der Waals surface area contributed by atoms with E-state index in [1.54, 1.807) is 0 Å². The number of benzene rings is 2. The Balaban J connectivity index is 1.56. The average Bonchev–Trinajstić information content (AvgIpc) is 3.32. The van der Waals surface area contributed by atoms with Gasteiger partial charge in [-0.1, -0.05) is 86.6 Å². The standard InChI is InChI=1S/C34H38N4O4/c1-22-18-19-29(23(2)20-22)38-33(41)27(30(35-38)24-12-6-3-7-13-24)21-28-31(39)36(25-14-8-4-9-15-25)34(42)37(32(28)40)26-16-10-5-11-17-26/h3,6-7,12-13,18-21,25-26,39H,4-5,8-11,14-17H2,1-2H3/b27-21-. The summed E-state index contributed by atoms with van der Waals surface area (Å²) in [6.07, 6.45) is 10.5. The molecule has 2 heterocycles. The van der Waals surface area contributed by atoms with Gasteiger partial charge in [-0.05, 0) is 57.2 Å². The number of hydrogen-bond donors (Lipinski definition) is 1. The van der Waals surface area contributed by atoms with Crippen LogP contribution in [-0.2, 0) is 4.79 Å². The van der Waals surface area contributed by atoms with Gasteiger partial charge in [0, 0.05) is 17.6 Å². The first-order chi connectivity index (χ1) is 20.3. The highest BCUT2D eigenvalue weighted by Gasteiger charge is 2.35. The van der Waals surface area contributed by atoms with Crippen molar-refractivity contribution in [2.24, 2.45) is 5.10 Å². The van der Waals surface area contributed by atoms with Crippen LogP contribution in [0.4, 0.5) is 5.69 Å². The average molecular weight is 567 g/mol. The molecule has 218 valence electrons. The van der Waals surface area contributed by atoms with Crippen LogP contribution in [0.2, 0.25) is 0 Å². The molecule has 1 N–H and O–H groups in total. The quantitative estimate of drug-likeness (QED) is 0.373. The van der Waals surface area contributed by atoms with Crippen molar-refractivity contribution in [2.75, 3.05) is 5.01 Å². The number of hydrazone groups is 1. The number of amides is 1. The molecule has 0 saturated heterocycles. The van der Waals surface area contributed by atoms with Crippen molar-refractivity contribution in [1.29, 1.82) is 0 Å². The van der Waals surface area contributed by atoms with Crippen LogP contribution < -0.4 is 16.3 Å². The zero-order valence-corrected chi connectivity index (χ0v) is 24.4. The van der Waals surface area contributed by atoms with Crippen LogP contribution in [0, 0.1) is 13.8 Å². The van der Waals surface area contributed by atoms with Crippen molar-refractivity contribution in [1.82, 2.24) is 9.13 Å². The fraction of sp³-hybridized carbons (Fsp3) is 0.412. The van der Waals surface area contributed by atoms with Crippen molar-refractivity contribution in [2.45, 2.75) is 90.1 Å². The molecule has 42 heavy (non-hydrogen) atoms. The van der Waals surface area contributed by atoms with Crippen LogP contribution in [-0.4, -0.2) is 25.9 Å². The van der Waals surface area contributed by atoms with Crippen molar-refractivity contribution >= 4 is 23.4 Å². The van der Waals surface area contributed by atoms with E-state index >= 15 is 0 Å². The third-order valence-electron chi connectivity index (χ3n) is 9.00. The lowest BCUT2D eigenvalue weighted by Gasteiger charge is -2.29. The molecule has 6 rings (SSSR count). The number of hydrogen-bond acceptors (Lipinski definition) is 5. The Labute approximate surface area is 245 Å². The number of nitrogens with zero attached hydrogens (tertiary/aromatic N) is 4. The molecule has 0 spiro atoms. The molecule has 2 saturated carbocycles. The monoisotopic (exact) mass is 566 g/mol. The molecule has 1 aliphatic heterocycles. The van der Waals surface area contributed by atoms with Gasteiger partial charge in [0.2, 0.25) is 5.88 Å². The van der Waals surface area contributed by atoms with E-state index in [9.17, 15) is 19.5 Å². The molecule has 8 heteroatoms. The maximum absolute atomic E-state index is 14.1. The van der Waals surface area contributed by atoms with E-state index in [4.69, 9.17) is 5.10 Å². The summed E-state index contributed by atoms with van der Waals surface area (Å²) in [6.45, 7) is 3.93. The number of aryl methyl sites for hydroxylation is 2. The SMILES string of the molecule is Cc1ccc(N2N=C(c3ccccc3)/C(=C/c3c(O)n(C4CCCCC4)c(=O)n(C4CCCCC4)c3=O)C2=O)c(C)c1. The Morgan fingerprint density at radius 1 is 0.810 bits per heavy atom. The zero-order valence-electron chi connectivity index (χ0n) is 24.4. The van der Waals surface area contributed by atoms with Crippen LogP contribution in [0.3, 0.4) is 0 Å². The van der Waals surface area contributed by atoms with Gasteiger partial charge in [0.25, 0.3) is 11.5 Å². The Morgan fingerprint density at radius 3 is 2.05 bits per heavy atom. The highest BCUT2D eigenvalue weighted by molar-refractivity contribution is 6.37. The molecule has 2 aromatic carbocycles. The second kappa shape index (κ2) is 11.6. The van der Waals surface area contributed by atoms with Crippen LogP contribution in [0.5, 0.6) is 5.88 Å². The van der Waals surface area contributed by atoms with Gasteiger partial charge in [0.15, 0.2) is 0 Å². The van der Waals surface area contributed by atoms with E-state index in [2.05, 4.69) is 0 Å². The molecule has 0 radical (unpaired) electrons. The number of aromatic hydroxyl groups is 1. The van der Waals surface area contributed by atoms with Gasteiger partial charge in [-0.2, -0.15) is 10.1 Å². The van der Waals surface area contributed by atoms with E-state index < -0.39 is 11.2 Å². The minimum absolute atomic E-state index is 0.0276. The van der Waals surface area contributed by atoms with Crippen molar-refractivity contribution in [3.63, 3.8) is 0 Å². The molecule has 2 aliphatic carbocycles. The minimum Gasteiger partial charge on any atom is -0.494 e. The van der Waals surface area contributed by atoms with Crippen LogP contribution in [0.1, 0.15) is 98.5 Å². The molecule has 3 aliphatic rings. The van der Waals surface area contributed by atoms with E-state index in [1.807, 2.05) is 62.4 Å². The summed E-state index contributed by atoms with van der Waals surface area (Å²) in [5.41, 5.74) is 2.95. The van der Waals surface area contributed by atoms with E-state index in [-0.39, 0.29) is 35.0 Å². The fourth-order valence-electron chi connectivity index (χ4n) is 6.81. The Morgan fingerprint density at radius 2 is 1.43 bits per heavy atom. The zero-order chi connectivity index (χ0) is 29.4. The molecule has 1 amide bonds. The van der Waals surface area contributed by atoms with Gasteiger partial charge in [0.05, 0.1) is 11.3 Å². The van der Waals surface area contributed by atoms with Gasteiger partial charge in [-0.3, -0.25) is 18.7 Å². The molecule has 0 bridgehead atoms. The molecule has 3 aromatic rings. The Bertz CT molecular complexity index is 1690. The third-order valence-corrected chi connectivity index (χ3v) is 9.00. The molecule has 2 fully saturated rings. The summed E-state index contributed by atoms with van der Waals surface area (Å²) in [6, 6.07) is 14.8. The Hall–Kier alpha value is -4.20. The summed E-state index contributed by atoms with van der Waals surface area (Å²) in [7, 11) is 0. The smallest absolute Gasteiger partial charge is 0.334 e. The number of carbonyl (C=O) groups is 1. The summed E-state index contributed by atoms with van der Waals surface area (Å²) >= 11 is 0. The lowest BCUT2D eigenvalue weighted by molar-refractivity contribution is -0.114. The van der Waals surface area contributed by atoms with E-state index in [0.717, 1.165) is 80.9 Å². The summed E-state index contributed by atoms with van der Waals surface area (Å²) in [5, 5.41) is 17.8. The lowest BCUT2D eigenvalue weighted by atomic mass is 9.94. The van der Waals surface area contributed by atoms with Gasteiger partial charge >= 0.3 is 5.69 Å². The lowest BCUT2D eigenvalue weighted by Crippen LogP contribution is -2.45. The Kier molecular flexibility index (Phi) is 7.71. The summed E-state index contributed by atoms with van der Waals surface area (Å²) in [4.78, 5) is 42.1. The number of anilines is 1. The largest absolute Gasteiger partial charge is 0.494 e. The predicted molar refractivity (Wildman–Crippen MR) is 165 cm³/mol. The van der Waals surface area contributed by atoms with Gasteiger partial charge in [-0.25, -0.2) is 4.79 Å². The highest BCUT2D eigenvalue weighted by Crippen LogP contribution is 2.34. The molecule has 8 nitrogen and oxygen atoms in total. The number of rotatable bonds is 5. The maximum atomic E-state index is 14.1. The summed E-state index contributed by atoms with van der Waals surface area (Å²) in [5.74, 6) is -0.749. The second-order valence-electron chi connectivity index (χ2n) is 11.9. The molecular formula is C34H38N4O4. The maximum Gasteiger partial charge on any atom is 0.334 e. The van der Waals surface area contributed by atoms with Crippen LogP contribution in [0.15, 0.2) is 68.8 Å². The van der Waals surface area contributed by atoms with Crippen LogP contribution >= 0.6 is 0 Å². The third kappa shape index (κ3) is 5.03. The van der Waals surface area contributed by atoms with Crippen molar-refractivity contribution in [3.8, 4) is 5.88 Å².